The van der Waals surface area contributed by atoms with Crippen molar-refractivity contribution in [2.75, 3.05) is 20.2 Å². The molecular weight excluding hydrogens is 234 g/mol. The summed E-state index contributed by atoms with van der Waals surface area (Å²) in [6, 6.07) is -0.356. The third-order valence-electron chi connectivity index (χ3n) is 3.37. The molecule has 2 saturated heterocycles. The first-order valence-electron chi connectivity index (χ1n) is 7.01. The molecule has 1 amide bonds. The molecule has 5 heteroatoms. The molecule has 0 saturated carbocycles. The highest BCUT2D eigenvalue weighted by Gasteiger charge is 2.65. The van der Waals surface area contributed by atoms with Crippen molar-refractivity contribution in [1.29, 1.82) is 0 Å². The Bertz CT molecular complexity index is 363. The lowest BCUT2D eigenvalue weighted by atomic mass is 9.99. The molecule has 2 heterocycles. The van der Waals surface area contributed by atoms with E-state index in [1.807, 2.05) is 27.7 Å². The summed E-state index contributed by atoms with van der Waals surface area (Å²) in [5, 5.41) is 0. The molecule has 2 fully saturated rings. The molecule has 0 N–H and O–H groups in total. The van der Waals surface area contributed by atoms with Gasteiger partial charge in [0.25, 0.3) is 5.91 Å². The van der Waals surface area contributed by atoms with Crippen molar-refractivity contribution in [2.24, 2.45) is 0 Å². The average Bonchev–Trinajstić information content (AvgIpc) is 2.66. The third-order valence-corrected chi connectivity index (χ3v) is 3.37. The minimum absolute atomic E-state index is 0.000357. The lowest BCUT2D eigenvalue weighted by Crippen LogP contribution is -2.52. The van der Waals surface area contributed by atoms with E-state index < -0.39 is 18.3 Å². The van der Waals surface area contributed by atoms with Crippen LogP contribution in [0.1, 0.15) is 29.1 Å². The summed E-state index contributed by atoms with van der Waals surface area (Å²) in [4.78, 5) is 14.0. The van der Waals surface area contributed by atoms with Crippen LogP contribution in [0.2, 0.25) is 0 Å². The number of carbonyl (C=O) groups is 1. The Morgan fingerprint density at radius 3 is 2.72 bits per heavy atom. The number of hydrogen-bond donors (Lipinski definition) is 0. The molecule has 18 heavy (non-hydrogen) atoms. The fraction of sp³-hybridized carbons (Fsp3) is 0.923. The largest absolute Gasteiger partial charge is 0.375 e. The van der Waals surface area contributed by atoms with E-state index in [0.29, 0.717) is 0 Å². The number of morpholine rings is 1. The highest BCUT2D eigenvalue weighted by atomic mass is 16.6. The van der Waals surface area contributed by atoms with Crippen LogP contribution in [-0.4, -0.2) is 61.0 Å². The second-order valence-corrected chi connectivity index (χ2v) is 5.52. The van der Waals surface area contributed by atoms with Gasteiger partial charge in [-0.25, -0.2) is 0 Å². The van der Waals surface area contributed by atoms with E-state index >= 15 is 0 Å². The smallest absolute Gasteiger partial charge is 0.260 e. The second-order valence-electron chi connectivity index (χ2n) is 5.52. The van der Waals surface area contributed by atoms with Crippen LogP contribution in [0, 0.1) is 0 Å². The molecule has 5 nitrogen and oxygen atoms in total. The predicted molar refractivity (Wildman–Crippen MR) is 66.3 cm³/mol. The number of carbonyl (C=O) groups excluding carboxylic acids is 1. The summed E-state index contributed by atoms with van der Waals surface area (Å²) in [5.74, 6) is -0.146. The van der Waals surface area contributed by atoms with Gasteiger partial charge in [-0.1, -0.05) is 0 Å². The molecule has 2 rings (SSSR count). The number of likely N-dealkylation sites (tertiary alicyclic amines) is 1. The average molecular weight is 259 g/mol. The minimum Gasteiger partial charge on any atom is -0.375 e. The number of amides is 1. The molecule has 2 bridgehead atoms. The fourth-order valence-electron chi connectivity index (χ4n) is 2.46. The molecule has 0 aromatic rings. The van der Waals surface area contributed by atoms with Gasteiger partial charge in [0.2, 0.25) is 0 Å². The topological polar surface area (TPSA) is 48.0 Å². The SMILES string of the molecule is [3H][C@@H]1O[C@@]2(COC(C)C)C(=O)N(C)[C@H]1C2OC(C)C. The lowest BCUT2D eigenvalue weighted by molar-refractivity contribution is -0.172. The Kier molecular flexibility index (Phi) is 3.30. The van der Waals surface area contributed by atoms with Crippen LogP contribution in [0.3, 0.4) is 0 Å². The van der Waals surface area contributed by atoms with E-state index in [2.05, 4.69) is 0 Å². The molecule has 0 aromatic heterocycles. The zero-order valence-corrected chi connectivity index (χ0v) is 11.7. The van der Waals surface area contributed by atoms with Gasteiger partial charge in [0.1, 0.15) is 6.10 Å². The van der Waals surface area contributed by atoms with Crippen LogP contribution >= 0.6 is 0 Å². The summed E-state index contributed by atoms with van der Waals surface area (Å²) in [6.45, 7) is 7.00. The first-order valence-corrected chi connectivity index (χ1v) is 6.44. The molecule has 2 aliphatic rings. The van der Waals surface area contributed by atoms with Crippen molar-refractivity contribution in [3.8, 4) is 0 Å². The summed E-state index contributed by atoms with van der Waals surface area (Å²) < 4.78 is 25.0. The van der Waals surface area contributed by atoms with Gasteiger partial charge >= 0.3 is 0 Å². The molecule has 4 atom stereocenters. The van der Waals surface area contributed by atoms with E-state index in [4.69, 9.17) is 15.6 Å². The summed E-state index contributed by atoms with van der Waals surface area (Å²) in [7, 11) is 1.70. The van der Waals surface area contributed by atoms with Crippen LogP contribution in [0.25, 0.3) is 0 Å². The Hall–Kier alpha value is -0.650. The number of likely N-dealkylation sites (N-methyl/N-ethyl adjacent to an activating group) is 1. The summed E-state index contributed by atoms with van der Waals surface area (Å²) in [5.41, 5.74) is -1.15. The number of rotatable bonds is 5. The quantitative estimate of drug-likeness (QED) is 0.733. The minimum atomic E-state index is -1.15. The van der Waals surface area contributed by atoms with Crippen molar-refractivity contribution in [3.05, 3.63) is 0 Å². The van der Waals surface area contributed by atoms with E-state index in [0.717, 1.165) is 0 Å². The normalized spacial score (nSPS) is 40.2. The monoisotopic (exact) mass is 259 g/mol. The zero-order chi connectivity index (χ0) is 14.4. The first kappa shape index (κ1) is 12.4. The van der Waals surface area contributed by atoms with Crippen LogP contribution in [0.5, 0.6) is 0 Å². The van der Waals surface area contributed by atoms with Crippen LogP contribution < -0.4 is 0 Å². The van der Waals surface area contributed by atoms with Crippen molar-refractivity contribution in [3.63, 3.8) is 0 Å². The van der Waals surface area contributed by atoms with Gasteiger partial charge < -0.3 is 19.1 Å². The number of ether oxygens (including phenoxy) is 3. The van der Waals surface area contributed by atoms with Gasteiger partial charge in [-0.15, -0.1) is 0 Å². The Labute approximate surface area is 110 Å². The second kappa shape index (κ2) is 4.79. The maximum atomic E-state index is 12.4. The molecule has 0 spiro atoms. The zero-order valence-electron chi connectivity index (χ0n) is 12.7. The van der Waals surface area contributed by atoms with Crippen LogP contribution in [0.15, 0.2) is 0 Å². The van der Waals surface area contributed by atoms with Gasteiger partial charge in [-0.2, -0.15) is 0 Å². The van der Waals surface area contributed by atoms with Gasteiger partial charge in [0.05, 0.1) is 32.8 Å². The van der Waals surface area contributed by atoms with E-state index in [-0.39, 0.29) is 30.8 Å². The molecule has 104 valence electrons. The maximum absolute atomic E-state index is 12.4. The number of fused-ring (bicyclic) bond motifs is 2. The molecule has 0 radical (unpaired) electrons. The van der Waals surface area contributed by atoms with E-state index in [9.17, 15) is 4.79 Å². The standard InChI is InChI=1S/C13H23NO4/c1-8(2)16-7-13-11(18-9(3)4)10(6-17-13)14(5)12(13)15/h8-11H,6-7H2,1-5H3/t10-,11?,13-/m1/s1/i6T/t6-,10+,11?,13+/m0. The maximum Gasteiger partial charge on any atom is 0.260 e. The van der Waals surface area contributed by atoms with E-state index in [1.54, 1.807) is 11.9 Å². The van der Waals surface area contributed by atoms with Crippen molar-refractivity contribution in [2.45, 2.75) is 57.6 Å². The van der Waals surface area contributed by atoms with Crippen molar-refractivity contribution >= 4 is 5.91 Å². The first-order chi connectivity index (χ1) is 8.79. The molecular formula is C13H23NO4. The van der Waals surface area contributed by atoms with Gasteiger partial charge in [0.15, 0.2) is 5.60 Å². The van der Waals surface area contributed by atoms with Crippen LogP contribution in [0.4, 0.5) is 0 Å². The predicted octanol–water partition coefficient (Wildman–Crippen LogP) is 0.815. The summed E-state index contributed by atoms with van der Waals surface area (Å²) >= 11 is 0. The van der Waals surface area contributed by atoms with Crippen molar-refractivity contribution < 1.29 is 20.4 Å². The Morgan fingerprint density at radius 1 is 1.50 bits per heavy atom. The number of nitrogens with zero attached hydrogens (tertiary/aromatic N) is 1. The van der Waals surface area contributed by atoms with Gasteiger partial charge in [-0.05, 0) is 27.7 Å². The highest BCUT2D eigenvalue weighted by Crippen LogP contribution is 2.41. The molecule has 2 aliphatic heterocycles. The van der Waals surface area contributed by atoms with Gasteiger partial charge in [0, 0.05) is 7.05 Å². The Balaban J connectivity index is 2.26. The fourth-order valence-corrected chi connectivity index (χ4v) is 2.46. The Morgan fingerprint density at radius 2 is 2.17 bits per heavy atom. The number of hydrogen-bond acceptors (Lipinski definition) is 4. The lowest BCUT2D eigenvalue weighted by Gasteiger charge is -2.30. The molecule has 0 aromatic carbocycles. The third kappa shape index (κ3) is 2.04. The summed E-state index contributed by atoms with van der Waals surface area (Å²) in [6.07, 6.45) is -0.468. The van der Waals surface area contributed by atoms with E-state index in [1.165, 1.54) is 0 Å². The van der Waals surface area contributed by atoms with Crippen LogP contribution in [-0.2, 0) is 19.0 Å². The molecule has 0 aliphatic carbocycles. The highest BCUT2D eigenvalue weighted by molar-refractivity contribution is 5.90. The van der Waals surface area contributed by atoms with Crippen molar-refractivity contribution in [1.82, 2.24) is 4.90 Å². The molecule has 1 unspecified atom stereocenters. The van der Waals surface area contributed by atoms with Gasteiger partial charge in [-0.3, -0.25) is 4.79 Å².